The van der Waals surface area contributed by atoms with Gasteiger partial charge in [-0.25, -0.2) is 14.8 Å². The molecule has 3 aliphatic heterocycles. The van der Waals surface area contributed by atoms with Gasteiger partial charge in [-0.3, -0.25) is 19.2 Å². The summed E-state index contributed by atoms with van der Waals surface area (Å²) in [5.74, 6) is -4.17. The number of aliphatic carboxylic acids is 2. The smallest absolute Gasteiger partial charge is 0.480 e. The van der Waals surface area contributed by atoms with Crippen molar-refractivity contribution in [3.8, 4) is 0 Å². The summed E-state index contributed by atoms with van der Waals surface area (Å²) in [4.78, 5) is 75.0. The van der Waals surface area contributed by atoms with Crippen molar-refractivity contribution in [2.24, 2.45) is 17.8 Å². The predicted molar refractivity (Wildman–Crippen MR) is 170 cm³/mol. The molecule has 0 spiro atoms. The van der Waals surface area contributed by atoms with E-state index in [0.29, 0.717) is 59.1 Å². The average molecular weight is 711 g/mol. The maximum Gasteiger partial charge on any atom is 0.490 e. The second kappa shape index (κ2) is 15.5. The van der Waals surface area contributed by atoms with Crippen LogP contribution in [0.5, 0.6) is 0 Å². The molecule has 1 aromatic carbocycles. The Hall–Kier alpha value is -4.31. The lowest BCUT2D eigenvalue weighted by atomic mass is 10.0. The monoisotopic (exact) mass is 710 g/mol. The molecule has 1 aromatic heterocycles. The first-order valence-corrected chi connectivity index (χ1v) is 16.0. The van der Waals surface area contributed by atoms with Crippen LogP contribution in [-0.4, -0.2) is 123 Å². The summed E-state index contributed by atoms with van der Waals surface area (Å²) in [6.45, 7) is 9.72. The highest BCUT2D eigenvalue weighted by molar-refractivity contribution is 6.31. The lowest BCUT2D eigenvalue weighted by molar-refractivity contribution is -0.192. The van der Waals surface area contributed by atoms with Crippen molar-refractivity contribution in [3.05, 3.63) is 52.1 Å². The number of nitrogens with zero attached hydrogens (tertiary/aromatic N) is 6. The van der Waals surface area contributed by atoms with E-state index in [1.54, 1.807) is 11.0 Å². The van der Waals surface area contributed by atoms with Crippen LogP contribution in [0.2, 0.25) is 5.02 Å². The number of carboxylic acids is 2. The first-order chi connectivity index (χ1) is 23.0. The Morgan fingerprint density at radius 3 is 2.10 bits per heavy atom. The molecule has 4 heterocycles. The number of carboxylic acid groups (broad SMARTS) is 2. The third-order valence-electron chi connectivity index (χ3n) is 9.01. The van der Waals surface area contributed by atoms with Crippen molar-refractivity contribution >= 4 is 46.9 Å². The van der Waals surface area contributed by atoms with E-state index in [9.17, 15) is 32.3 Å². The maximum absolute atomic E-state index is 13.7. The summed E-state index contributed by atoms with van der Waals surface area (Å²) in [5, 5.41) is 16.8. The van der Waals surface area contributed by atoms with Gasteiger partial charge in [-0.2, -0.15) is 13.2 Å². The van der Waals surface area contributed by atoms with Crippen molar-refractivity contribution < 1.29 is 47.4 Å². The number of carbonyl (C=O) groups excluding carboxylic acids is 3. The Morgan fingerprint density at radius 1 is 0.980 bits per heavy atom. The first-order valence-electron chi connectivity index (χ1n) is 15.6. The fraction of sp³-hybridized carbons (Fsp3) is 0.531. The van der Waals surface area contributed by atoms with E-state index in [1.165, 1.54) is 11.2 Å². The van der Waals surface area contributed by atoms with E-state index < -0.39 is 30.6 Å². The normalized spacial score (nSPS) is 20.6. The number of benzene rings is 1. The zero-order valence-electron chi connectivity index (χ0n) is 27.2. The van der Waals surface area contributed by atoms with Crippen LogP contribution < -0.4 is 4.90 Å². The predicted octanol–water partition coefficient (Wildman–Crippen LogP) is 3.05. The molecule has 49 heavy (non-hydrogen) atoms. The number of carbonyl (C=O) groups is 5. The molecule has 0 radical (unpaired) electrons. The summed E-state index contributed by atoms with van der Waals surface area (Å²) in [6.07, 6.45) is -2.87. The van der Waals surface area contributed by atoms with Gasteiger partial charge in [-0.15, -0.1) is 0 Å². The first kappa shape index (κ1) is 37.5. The molecule has 17 heteroatoms. The molecule has 5 rings (SSSR count). The Kier molecular flexibility index (Phi) is 11.9. The Balaban J connectivity index is 0.000000698. The minimum absolute atomic E-state index is 0.00106. The third-order valence-corrected chi connectivity index (χ3v) is 9.42. The van der Waals surface area contributed by atoms with Crippen molar-refractivity contribution in [2.45, 2.75) is 39.8 Å². The number of amides is 3. The number of anilines is 1. The summed E-state index contributed by atoms with van der Waals surface area (Å²) in [7, 11) is 0. The van der Waals surface area contributed by atoms with Crippen molar-refractivity contribution in [2.75, 3.05) is 57.3 Å². The van der Waals surface area contributed by atoms with Gasteiger partial charge in [0.2, 0.25) is 11.8 Å². The van der Waals surface area contributed by atoms with Crippen LogP contribution >= 0.6 is 11.6 Å². The van der Waals surface area contributed by atoms with E-state index in [2.05, 4.69) is 14.9 Å². The minimum atomic E-state index is -5.08. The van der Waals surface area contributed by atoms with E-state index >= 15 is 0 Å². The number of aryl methyl sites for hydroxylation is 3. The molecule has 266 valence electrons. The van der Waals surface area contributed by atoms with E-state index in [1.807, 2.05) is 37.8 Å². The second-order valence-electron chi connectivity index (χ2n) is 12.6. The van der Waals surface area contributed by atoms with Crippen LogP contribution in [0.1, 0.15) is 40.2 Å². The van der Waals surface area contributed by atoms with Gasteiger partial charge in [0.25, 0.3) is 5.91 Å². The van der Waals surface area contributed by atoms with Crippen molar-refractivity contribution in [3.63, 3.8) is 0 Å². The molecule has 3 saturated heterocycles. The van der Waals surface area contributed by atoms with E-state index in [0.717, 1.165) is 31.6 Å². The average Bonchev–Trinajstić information content (AvgIpc) is 3.69. The number of likely N-dealkylation sites (tertiary alicyclic amines) is 3. The number of aromatic nitrogens is 2. The molecule has 3 fully saturated rings. The number of rotatable bonds is 9. The Bertz CT molecular complexity index is 1580. The van der Waals surface area contributed by atoms with Gasteiger partial charge in [0, 0.05) is 56.4 Å². The van der Waals surface area contributed by atoms with Crippen molar-refractivity contribution in [1.82, 2.24) is 24.7 Å². The summed E-state index contributed by atoms with van der Waals surface area (Å²) < 4.78 is 31.7. The zero-order chi connectivity index (χ0) is 36.2. The zero-order valence-corrected chi connectivity index (χ0v) is 28.0. The quantitative estimate of drug-likeness (QED) is 0.395. The number of fused-ring (bicyclic) bond motifs is 1. The van der Waals surface area contributed by atoms with E-state index in [4.69, 9.17) is 26.6 Å². The number of hydrogen-bond acceptors (Lipinski definition) is 8. The van der Waals surface area contributed by atoms with Crippen LogP contribution in [0, 0.1) is 38.5 Å². The summed E-state index contributed by atoms with van der Waals surface area (Å²) in [5.41, 5.74) is 3.58. The molecule has 0 bridgehead atoms. The molecule has 3 unspecified atom stereocenters. The van der Waals surface area contributed by atoms with Gasteiger partial charge in [0.15, 0.2) is 0 Å². The van der Waals surface area contributed by atoms with Crippen LogP contribution in [0.15, 0.2) is 24.5 Å². The molecular formula is C32H38ClF3N6O7. The Morgan fingerprint density at radius 2 is 1.57 bits per heavy atom. The lowest BCUT2D eigenvalue weighted by Crippen LogP contribution is -2.40. The highest BCUT2D eigenvalue weighted by Crippen LogP contribution is 2.33. The summed E-state index contributed by atoms with van der Waals surface area (Å²) >= 11 is 6.40. The maximum atomic E-state index is 13.7. The van der Waals surface area contributed by atoms with Crippen LogP contribution in [0.25, 0.3) is 0 Å². The molecular weight excluding hydrogens is 673 g/mol. The third kappa shape index (κ3) is 9.23. The topological polar surface area (TPSA) is 165 Å². The van der Waals surface area contributed by atoms with Crippen LogP contribution in [0.3, 0.4) is 0 Å². The second-order valence-corrected chi connectivity index (χ2v) is 13.0. The van der Waals surface area contributed by atoms with Crippen LogP contribution in [-0.2, 0) is 19.2 Å². The van der Waals surface area contributed by atoms with Gasteiger partial charge in [0.1, 0.15) is 12.9 Å². The largest absolute Gasteiger partial charge is 0.490 e. The Labute approximate surface area is 285 Å². The molecule has 3 aliphatic rings. The SMILES string of the molecule is Cc1ccc(N(CCCN2CC3CN(C(=O)c4c(C)ncnc4C)CC3C2)C(=O)C2CC(=O)N(CC(=O)O)C2)cc1Cl.O=C(O)C(F)(F)F. The fourth-order valence-corrected chi connectivity index (χ4v) is 6.72. The van der Waals surface area contributed by atoms with Gasteiger partial charge in [-0.1, -0.05) is 17.7 Å². The van der Waals surface area contributed by atoms with Gasteiger partial charge in [-0.05, 0) is 63.3 Å². The summed E-state index contributed by atoms with van der Waals surface area (Å²) in [6, 6.07) is 5.50. The van der Waals surface area contributed by atoms with Gasteiger partial charge >= 0.3 is 18.1 Å². The fourth-order valence-electron chi connectivity index (χ4n) is 6.54. The number of hydrogen-bond donors (Lipinski definition) is 2. The molecule has 0 aliphatic carbocycles. The molecule has 3 atom stereocenters. The lowest BCUT2D eigenvalue weighted by Gasteiger charge is -2.27. The molecule has 13 nitrogen and oxygen atoms in total. The highest BCUT2D eigenvalue weighted by Gasteiger charge is 2.42. The molecule has 0 saturated carbocycles. The standard InChI is InChI=1S/C30H37ClN6O5.C2HF3O2/c1-18-5-6-24(10-25(18)31)37(29(41)21-9-26(38)35(13-21)16-27(39)40)8-4-7-34-11-22-14-36(15-23(22)12-34)30(42)28-19(2)32-17-33-20(28)3;3-2(4,5)1(6)7/h5-6,10,17,21-23H,4,7-9,11-16H2,1-3H3,(H,39,40);(H,6,7). The van der Waals surface area contributed by atoms with Gasteiger partial charge in [0.05, 0.1) is 22.9 Å². The molecule has 3 amide bonds. The molecule has 2 N–H and O–H groups in total. The van der Waals surface area contributed by atoms with E-state index in [-0.39, 0.29) is 30.7 Å². The highest BCUT2D eigenvalue weighted by atomic mass is 35.5. The number of alkyl halides is 3. The van der Waals surface area contributed by atoms with Crippen molar-refractivity contribution in [1.29, 1.82) is 0 Å². The number of halogens is 4. The van der Waals surface area contributed by atoms with Crippen LogP contribution in [0.4, 0.5) is 18.9 Å². The van der Waals surface area contributed by atoms with Gasteiger partial charge < -0.3 is 29.8 Å². The minimum Gasteiger partial charge on any atom is -0.480 e. The molecule has 2 aromatic rings.